The molecule has 6 heteroatoms. The molecule has 0 unspecified atom stereocenters. The summed E-state index contributed by atoms with van der Waals surface area (Å²) in [6, 6.07) is 14.5. The lowest BCUT2D eigenvalue weighted by Gasteiger charge is -2.10. The summed E-state index contributed by atoms with van der Waals surface area (Å²) in [5.41, 5.74) is 1.71. The molecule has 128 valence electrons. The predicted octanol–water partition coefficient (Wildman–Crippen LogP) is 4.11. The first-order valence-corrected chi connectivity index (χ1v) is 8.26. The second-order valence-corrected chi connectivity index (χ2v) is 5.87. The molecule has 5 nitrogen and oxygen atoms in total. The zero-order valence-corrected chi connectivity index (χ0v) is 14.4. The number of nitrogens with one attached hydrogen (secondary N) is 1. The second-order valence-electron chi connectivity index (χ2n) is 5.47. The van der Waals surface area contributed by atoms with Crippen molar-refractivity contribution in [1.29, 1.82) is 0 Å². The third-order valence-corrected chi connectivity index (χ3v) is 4.07. The molecule has 3 rings (SSSR count). The van der Waals surface area contributed by atoms with E-state index in [0.717, 1.165) is 10.9 Å². The number of aromatic nitrogens is 1. The number of para-hydroxylation sites is 1. The number of halogens is 1. The minimum Gasteiger partial charge on any atom is -0.462 e. The van der Waals surface area contributed by atoms with Crippen LogP contribution in [0.4, 0.5) is 5.69 Å². The summed E-state index contributed by atoms with van der Waals surface area (Å²) in [7, 11) is 0. The van der Waals surface area contributed by atoms with Gasteiger partial charge in [-0.1, -0.05) is 29.8 Å². The Labute approximate surface area is 150 Å². The van der Waals surface area contributed by atoms with Gasteiger partial charge in [0.1, 0.15) is 6.54 Å². The predicted molar refractivity (Wildman–Crippen MR) is 98.0 cm³/mol. The van der Waals surface area contributed by atoms with Crippen molar-refractivity contribution in [2.24, 2.45) is 0 Å². The summed E-state index contributed by atoms with van der Waals surface area (Å²) >= 11 is 6.03. The van der Waals surface area contributed by atoms with E-state index >= 15 is 0 Å². The van der Waals surface area contributed by atoms with Crippen LogP contribution in [0.3, 0.4) is 0 Å². The van der Waals surface area contributed by atoms with Gasteiger partial charge >= 0.3 is 5.97 Å². The number of benzene rings is 2. The molecule has 0 saturated carbocycles. The maximum atomic E-state index is 12.3. The smallest absolute Gasteiger partial charge is 0.339 e. The Hall–Kier alpha value is -2.79. The van der Waals surface area contributed by atoms with Crippen LogP contribution in [0, 0.1) is 0 Å². The van der Waals surface area contributed by atoms with Gasteiger partial charge in [0, 0.05) is 17.4 Å². The molecular formula is C19H17ClN2O3. The van der Waals surface area contributed by atoms with Gasteiger partial charge in [-0.2, -0.15) is 0 Å². The molecule has 1 heterocycles. The number of nitrogens with zero attached hydrogens (tertiary/aromatic N) is 1. The average Bonchev–Trinajstić information content (AvgIpc) is 3.00. The molecule has 1 aromatic heterocycles. The Bertz CT molecular complexity index is 933. The molecule has 0 atom stereocenters. The van der Waals surface area contributed by atoms with Gasteiger partial charge in [0.05, 0.1) is 17.2 Å². The van der Waals surface area contributed by atoms with Gasteiger partial charge < -0.3 is 14.6 Å². The van der Waals surface area contributed by atoms with Gasteiger partial charge in [-0.3, -0.25) is 4.79 Å². The lowest BCUT2D eigenvalue weighted by Crippen LogP contribution is -2.18. The topological polar surface area (TPSA) is 60.3 Å². The summed E-state index contributed by atoms with van der Waals surface area (Å²) in [6.45, 7) is 2.15. The lowest BCUT2D eigenvalue weighted by molar-refractivity contribution is -0.116. The van der Waals surface area contributed by atoms with Gasteiger partial charge in [0.2, 0.25) is 5.91 Å². The molecule has 25 heavy (non-hydrogen) atoms. The number of anilines is 1. The fourth-order valence-corrected chi connectivity index (χ4v) is 2.80. The molecule has 0 saturated heterocycles. The van der Waals surface area contributed by atoms with Crippen LogP contribution in [0.15, 0.2) is 54.7 Å². The highest BCUT2D eigenvalue weighted by atomic mass is 35.5. The summed E-state index contributed by atoms with van der Waals surface area (Å²) in [5, 5.41) is 4.14. The molecule has 0 radical (unpaired) electrons. The van der Waals surface area contributed by atoms with E-state index in [1.807, 2.05) is 41.1 Å². The molecule has 0 bridgehead atoms. The van der Waals surface area contributed by atoms with Crippen molar-refractivity contribution in [2.45, 2.75) is 13.5 Å². The largest absolute Gasteiger partial charge is 0.462 e. The number of ether oxygens (including phenoxy) is 1. The molecule has 2 aromatic carbocycles. The maximum absolute atomic E-state index is 12.3. The van der Waals surface area contributed by atoms with Crippen LogP contribution in [0.2, 0.25) is 5.02 Å². The van der Waals surface area contributed by atoms with Crippen molar-refractivity contribution < 1.29 is 14.3 Å². The van der Waals surface area contributed by atoms with Gasteiger partial charge in [-0.25, -0.2) is 4.79 Å². The molecule has 0 spiro atoms. The first-order chi connectivity index (χ1) is 12.1. The van der Waals surface area contributed by atoms with Gasteiger partial charge in [-0.05, 0) is 42.6 Å². The Balaban J connectivity index is 1.75. The van der Waals surface area contributed by atoms with E-state index in [9.17, 15) is 9.59 Å². The number of hydrogen-bond acceptors (Lipinski definition) is 3. The minimum atomic E-state index is -0.514. The molecule has 1 N–H and O–H groups in total. The van der Waals surface area contributed by atoms with Crippen molar-refractivity contribution in [3.8, 4) is 0 Å². The van der Waals surface area contributed by atoms with E-state index in [4.69, 9.17) is 16.3 Å². The summed E-state index contributed by atoms with van der Waals surface area (Å²) < 4.78 is 6.83. The summed E-state index contributed by atoms with van der Waals surface area (Å²) in [6.07, 6.45) is 1.87. The van der Waals surface area contributed by atoms with E-state index in [-0.39, 0.29) is 29.6 Å². The summed E-state index contributed by atoms with van der Waals surface area (Å²) in [4.78, 5) is 24.2. The van der Waals surface area contributed by atoms with Crippen molar-refractivity contribution in [3.63, 3.8) is 0 Å². The fourth-order valence-electron chi connectivity index (χ4n) is 2.60. The van der Waals surface area contributed by atoms with E-state index in [2.05, 4.69) is 5.32 Å². The third-order valence-electron chi connectivity index (χ3n) is 3.74. The third kappa shape index (κ3) is 3.83. The molecule has 0 aliphatic carbocycles. The van der Waals surface area contributed by atoms with Crippen molar-refractivity contribution in [2.75, 3.05) is 11.9 Å². The highest BCUT2D eigenvalue weighted by Gasteiger charge is 2.13. The number of amides is 1. The van der Waals surface area contributed by atoms with Crippen LogP contribution in [0.1, 0.15) is 17.3 Å². The maximum Gasteiger partial charge on any atom is 0.339 e. The Morgan fingerprint density at radius 3 is 2.76 bits per heavy atom. The van der Waals surface area contributed by atoms with Crippen LogP contribution < -0.4 is 5.32 Å². The van der Waals surface area contributed by atoms with Crippen molar-refractivity contribution in [3.05, 3.63) is 65.3 Å². The van der Waals surface area contributed by atoms with Crippen molar-refractivity contribution >= 4 is 40.1 Å². The molecule has 1 amide bonds. The highest BCUT2D eigenvalue weighted by molar-refractivity contribution is 6.33. The SMILES string of the molecule is CCOC(=O)c1cc(NC(=O)Cn2ccc3ccccc32)ccc1Cl. The van der Waals surface area contributed by atoms with E-state index in [1.165, 1.54) is 6.07 Å². The average molecular weight is 357 g/mol. The van der Waals surface area contributed by atoms with Gasteiger partial charge in [0.25, 0.3) is 0 Å². The molecule has 3 aromatic rings. The lowest BCUT2D eigenvalue weighted by atomic mass is 10.2. The minimum absolute atomic E-state index is 0.172. The monoisotopic (exact) mass is 356 g/mol. The number of carbonyl (C=O) groups is 2. The Kier molecular flexibility index (Phi) is 5.05. The van der Waals surface area contributed by atoms with Gasteiger partial charge in [-0.15, -0.1) is 0 Å². The zero-order chi connectivity index (χ0) is 17.8. The van der Waals surface area contributed by atoms with Gasteiger partial charge in [0.15, 0.2) is 0 Å². The molecular weight excluding hydrogens is 340 g/mol. The Morgan fingerprint density at radius 1 is 1.16 bits per heavy atom. The number of esters is 1. The first-order valence-electron chi connectivity index (χ1n) is 7.89. The highest BCUT2D eigenvalue weighted by Crippen LogP contribution is 2.22. The number of carbonyl (C=O) groups excluding carboxylic acids is 2. The fraction of sp³-hybridized carbons (Fsp3) is 0.158. The van der Waals surface area contributed by atoms with Crippen LogP contribution in [0.25, 0.3) is 10.9 Å². The van der Waals surface area contributed by atoms with Crippen LogP contribution in [0.5, 0.6) is 0 Å². The Morgan fingerprint density at radius 2 is 1.96 bits per heavy atom. The van der Waals surface area contributed by atoms with E-state index in [0.29, 0.717) is 5.69 Å². The quantitative estimate of drug-likeness (QED) is 0.700. The van der Waals surface area contributed by atoms with Crippen LogP contribution >= 0.6 is 11.6 Å². The number of fused-ring (bicyclic) bond motifs is 1. The second kappa shape index (κ2) is 7.40. The number of hydrogen-bond donors (Lipinski definition) is 1. The normalized spacial score (nSPS) is 10.6. The number of rotatable bonds is 5. The molecule has 0 aliphatic rings. The van der Waals surface area contributed by atoms with E-state index < -0.39 is 5.97 Å². The standard InChI is InChI=1S/C19H17ClN2O3/c1-2-25-19(24)15-11-14(7-8-16(15)20)21-18(23)12-22-10-9-13-5-3-4-6-17(13)22/h3-11H,2,12H2,1H3,(H,21,23). The van der Waals surface area contributed by atoms with Crippen LogP contribution in [-0.2, 0) is 16.1 Å². The first kappa shape index (κ1) is 17.0. The van der Waals surface area contributed by atoms with Crippen molar-refractivity contribution in [1.82, 2.24) is 4.57 Å². The van der Waals surface area contributed by atoms with Crippen LogP contribution in [-0.4, -0.2) is 23.1 Å². The molecule has 0 aliphatic heterocycles. The van der Waals surface area contributed by atoms with E-state index in [1.54, 1.807) is 19.1 Å². The zero-order valence-electron chi connectivity index (χ0n) is 13.7. The molecule has 0 fully saturated rings. The summed E-state index contributed by atoms with van der Waals surface area (Å²) in [5.74, 6) is -0.710.